The maximum atomic E-state index is 12.3. The second-order valence-electron chi connectivity index (χ2n) is 5.24. The van der Waals surface area contributed by atoms with Gasteiger partial charge in [-0.2, -0.15) is 0 Å². The van der Waals surface area contributed by atoms with Crippen LogP contribution in [0.1, 0.15) is 19.4 Å². The van der Waals surface area contributed by atoms with Crippen LogP contribution in [0.25, 0.3) is 0 Å². The first-order chi connectivity index (χ1) is 9.95. The highest BCUT2D eigenvalue weighted by Gasteiger charge is 2.31. The lowest BCUT2D eigenvalue weighted by Crippen LogP contribution is -2.42. The van der Waals surface area contributed by atoms with Gasteiger partial charge in [0.15, 0.2) is 11.5 Å². The van der Waals surface area contributed by atoms with Crippen molar-refractivity contribution in [3.05, 3.63) is 23.8 Å². The molecule has 1 aliphatic heterocycles. The summed E-state index contributed by atoms with van der Waals surface area (Å²) in [6.45, 7) is 4.43. The van der Waals surface area contributed by atoms with E-state index in [2.05, 4.69) is 10.1 Å². The first kappa shape index (κ1) is 15.2. The Morgan fingerprint density at radius 2 is 1.90 bits per heavy atom. The number of carbonyl (C=O) groups is 2. The summed E-state index contributed by atoms with van der Waals surface area (Å²) in [5.41, 5.74) is -0.0155. The van der Waals surface area contributed by atoms with Crippen molar-refractivity contribution < 1.29 is 23.8 Å². The Kier molecular flexibility index (Phi) is 4.35. The number of nitrogens with one attached hydrogen (secondary N) is 1. The predicted octanol–water partition coefficient (Wildman–Crippen LogP) is 1.02. The van der Waals surface area contributed by atoms with Crippen molar-refractivity contribution in [2.24, 2.45) is 0 Å². The van der Waals surface area contributed by atoms with Crippen LogP contribution in [0.5, 0.6) is 11.5 Å². The van der Waals surface area contributed by atoms with Gasteiger partial charge in [0.05, 0.1) is 12.5 Å². The molecule has 6 nitrogen and oxygen atoms in total. The van der Waals surface area contributed by atoms with Crippen LogP contribution in [-0.2, 0) is 19.7 Å². The molecular weight excluding hydrogens is 274 g/mol. The number of hydrogen-bond acceptors (Lipinski definition) is 5. The highest BCUT2D eigenvalue weighted by molar-refractivity contribution is 5.90. The highest BCUT2D eigenvalue weighted by atomic mass is 16.6. The van der Waals surface area contributed by atoms with Crippen molar-refractivity contribution in [1.29, 1.82) is 0 Å². The summed E-state index contributed by atoms with van der Waals surface area (Å²) in [7, 11) is 1.28. The largest absolute Gasteiger partial charge is 0.486 e. The van der Waals surface area contributed by atoms with Crippen LogP contribution >= 0.6 is 0 Å². The molecule has 0 saturated heterocycles. The van der Waals surface area contributed by atoms with E-state index in [0.29, 0.717) is 24.7 Å². The van der Waals surface area contributed by atoms with Gasteiger partial charge >= 0.3 is 5.97 Å². The summed E-state index contributed by atoms with van der Waals surface area (Å²) in [5.74, 6) is 0.564. The SMILES string of the molecule is COC(=O)CNC(=O)C(C)(C)c1ccc2c(c1)OCCO2. The molecule has 6 heteroatoms. The second-order valence-corrected chi connectivity index (χ2v) is 5.24. The lowest BCUT2D eigenvalue weighted by Gasteiger charge is -2.26. The van der Waals surface area contributed by atoms with E-state index in [1.807, 2.05) is 6.07 Å². The Hall–Kier alpha value is -2.24. The molecule has 1 heterocycles. The Balaban J connectivity index is 2.14. The Bertz CT molecular complexity index is 553. The van der Waals surface area contributed by atoms with E-state index in [4.69, 9.17) is 9.47 Å². The molecule has 1 amide bonds. The van der Waals surface area contributed by atoms with Crippen molar-refractivity contribution in [1.82, 2.24) is 5.32 Å². The fraction of sp³-hybridized carbons (Fsp3) is 0.467. The molecule has 0 fully saturated rings. The highest BCUT2D eigenvalue weighted by Crippen LogP contribution is 2.35. The third kappa shape index (κ3) is 3.26. The van der Waals surface area contributed by atoms with Gasteiger partial charge in [0, 0.05) is 0 Å². The molecule has 0 radical (unpaired) electrons. The van der Waals surface area contributed by atoms with Crippen molar-refractivity contribution >= 4 is 11.9 Å². The van der Waals surface area contributed by atoms with E-state index >= 15 is 0 Å². The standard InChI is InChI=1S/C15H19NO5/c1-15(2,14(18)16-9-13(17)19-3)10-4-5-11-12(8-10)21-7-6-20-11/h4-5,8H,6-7,9H2,1-3H3,(H,16,18). The zero-order valence-corrected chi connectivity index (χ0v) is 12.4. The molecule has 1 N–H and O–H groups in total. The van der Waals surface area contributed by atoms with Crippen molar-refractivity contribution in [2.45, 2.75) is 19.3 Å². The third-order valence-electron chi connectivity index (χ3n) is 3.45. The molecule has 0 spiro atoms. The Morgan fingerprint density at radius 1 is 1.24 bits per heavy atom. The molecule has 1 aliphatic rings. The van der Waals surface area contributed by atoms with E-state index in [-0.39, 0.29) is 12.5 Å². The number of esters is 1. The molecule has 1 aromatic carbocycles. The molecule has 114 valence electrons. The molecule has 1 aromatic rings. The third-order valence-corrected chi connectivity index (χ3v) is 3.45. The van der Waals surface area contributed by atoms with Gasteiger partial charge < -0.3 is 19.5 Å². The van der Waals surface area contributed by atoms with E-state index < -0.39 is 11.4 Å². The molecule has 0 saturated carbocycles. The molecule has 2 rings (SSSR count). The summed E-state index contributed by atoms with van der Waals surface area (Å²) >= 11 is 0. The first-order valence-electron chi connectivity index (χ1n) is 6.70. The van der Waals surface area contributed by atoms with Crippen LogP contribution < -0.4 is 14.8 Å². The summed E-state index contributed by atoms with van der Waals surface area (Å²) in [5, 5.41) is 2.57. The molecule has 21 heavy (non-hydrogen) atoms. The lowest BCUT2D eigenvalue weighted by molar-refractivity contribution is -0.141. The summed E-state index contributed by atoms with van der Waals surface area (Å²) in [6.07, 6.45) is 0. The average molecular weight is 293 g/mol. The van der Waals surface area contributed by atoms with E-state index in [9.17, 15) is 9.59 Å². The number of carbonyl (C=O) groups excluding carboxylic acids is 2. The minimum Gasteiger partial charge on any atom is -0.486 e. The molecule has 0 unspecified atom stereocenters. The number of methoxy groups -OCH3 is 1. The average Bonchev–Trinajstić information content (AvgIpc) is 2.51. The second kappa shape index (κ2) is 6.03. The van der Waals surface area contributed by atoms with Gasteiger partial charge in [-0.1, -0.05) is 6.07 Å². The van der Waals surface area contributed by atoms with E-state index in [0.717, 1.165) is 5.56 Å². The number of amides is 1. The molecule has 0 aliphatic carbocycles. The van der Waals surface area contributed by atoms with Crippen LogP contribution in [0.3, 0.4) is 0 Å². The quantitative estimate of drug-likeness (QED) is 0.839. The fourth-order valence-electron chi connectivity index (χ4n) is 2.01. The molecule has 0 aromatic heterocycles. The maximum absolute atomic E-state index is 12.3. The predicted molar refractivity (Wildman–Crippen MR) is 75.5 cm³/mol. The van der Waals surface area contributed by atoms with Gasteiger partial charge in [-0.05, 0) is 31.5 Å². The topological polar surface area (TPSA) is 73.9 Å². The number of rotatable bonds is 4. The van der Waals surface area contributed by atoms with Crippen LogP contribution in [0.15, 0.2) is 18.2 Å². The number of hydrogen-bond donors (Lipinski definition) is 1. The minimum absolute atomic E-state index is 0.149. The lowest BCUT2D eigenvalue weighted by atomic mass is 9.83. The van der Waals surface area contributed by atoms with Gasteiger partial charge in [-0.25, -0.2) is 0 Å². The molecule has 0 atom stereocenters. The summed E-state index contributed by atoms with van der Waals surface area (Å²) < 4.78 is 15.5. The van der Waals surface area contributed by atoms with Crippen LogP contribution in [0.4, 0.5) is 0 Å². The zero-order chi connectivity index (χ0) is 15.5. The van der Waals surface area contributed by atoms with Gasteiger partial charge in [-0.3, -0.25) is 9.59 Å². The van der Waals surface area contributed by atoms with E-state index in [1.165, 1.54) is 7.11 Å². The fourth-order valence-corrected chi connectivity index (χ4v) is 2.01. The summed E-state index contributed by atoms with van der Waals surface area (Å²) in [6, 6.07) is 5.41. The van der Waals surface area contributed by atoms with E-state index in [1.54, 1.807) is 26.0 Å². The van der Waals surface area contributed by atoms with Gasteiger partial charge in [0.2, 0.25) is 5.91 Å². The van der Waals surface area contributed by atoms with Crippen molar-refractivity contribution in [3.63, 3.8) is 0 Å². The maximum Gasteiger partial charge on any atom is 0.325 e. The van der Waals surface area contributed by atoms with Crippen molar-refractivity contribution in [2.75, 3.05) is 26.9 Å². The van der Waals surface area contributed by atoms with Crippen LogP contribution in [0.2, 0.25) is 0 Å². The summed E-state index contributed by atoms with van der Waals surface area (Å²) in [4.78, 5) is 23.4. The van der Waals surface area contributed by atoms with Gasteiger partial charge in [-0.15, -0.1) is 0 Å². The van der Waals surface area contributed by atoms with Crippen LogP contribution in [0, 0.1) is 0 Å². The van der Waals surface area contributed by atoms with Crippen LogP contribution in [-0.4, -0.2) is 38.7 Å². The van der Waals surface area contributed by atoms with Gasteiger partial charge in [0.1, 0.15) is 19.8 Å². The Morgan fingerprint density at radius 3 is 2.57 bits per heavy atom. The minimum atomic E-state index is -0.802. The van der Waals surface area contributed by atoms with Crippen molar-refractivity contribution in [3.8, 4) is 11.5 Å². The number of benzene rings is 1. The monoisotopic (exact) mass is 293 g/mol. The number of fused-ring (bicyclic) bond motifs is 1. The zero-order valence-electron chi connectivity index (χ0n) is 12.4. The normalized spacial score (nSPS) is 13.5. The molecule has 0 bridgehead atoms. The Labute approximate surface area is 123 Å². The first-order valence-corrected chi connectivity index (χ1v) is 6.70. The smallest absolute Gasteiger partial charge is 0.325 e. The number of ether oxygens (including phenoxy) is 3. The van der Waals surface area contributed by atoms with Gasteiger partial charge in [0.25, 0.3) is 0 Å². The molecular formula is C15H19NO5.